The van der Waals surface area contributed by atoms with E-state index >= 15 is 0 Å². The number of amides is 1. The molecule has 2 rings (SSSR count). The minimum absolute atomic E-state index is 0.0361. The van der Waals surface area contributed by atoms with Crippen LogP contribution in [-0.2, 0) is 0 Å². The number of carbonyl (C=O) groups excluding carboxylic acids is 1. The van der Waals surface area contributed by atoms with Gasteiger partial charge in [-0.15, -0.1) is 22.9 Å². The first-order valence-corrected chi connectivity index (χ1v) is 8.36. The summed E-state index contributed by atoms with van der Waals surface area (Å²) in [7, 11) is 0. The Labute approximate surface area is 125 Å². The summed E-state index contributed by atoms with van der Waals surface area (Å²) in [6.07, 6.45) is 3.63. The number of thiophene rings is 1. The predicted octanol–water partition coefficient (Wildman–Crippen LogP) is 4.20. The lowest BCUT2D eigenvalue weighted by Gasteiger charge is -2.17. The average molecular weight is 351 g/mol. The molecule has 1 saturated carbocycles. The van der Waals surface area contributed by atoms with Crippen LogP contribution in [0.15, 0.2) is 9.85 Å². The van der Waals surface area contributed by atoms with E-state index in [1.165, 1.54) is 30.6 Å². The molecule has 1 aromatic rings. The monoisotopic (exact) mass is 349 g/mol. The standard InChI is InChI=1S/C13H17BrClNOS/c1-8-5-11(18-12(8)14)13(17)16-7-10-4-2-3-9(10)6-15/h5,9-10H,2-4,6-7H2,1H3,(H,16,17). The van der Waals surface area contributed by atoms with Gasteiger partial charge in [0, 0.05) is 12.4 Å². The van der Waals surface area contributed by atoms with E-state index < -0.39 is 0 Å². The van der Waals surface area contributed by atoms with Crippen molar-refractivity contribution in [1.82, 2.24) is 5.32 Å². The molecule has 2 nitrogen and oxygen atoms in total. The highest BCUT2D eigenvalue weighted by atomic mass is 79.9. The van der Waals surface area contributed by atoms with Crippen LogP contribution in [0.1, 0.15) is 34.5 Å². The molecule has 1 N–H and O–H groups in total. The van der Waals surface area contributed by atoms with Crippen LogP contribution in [0.5, 0.6) is 0 Å². The molecule has 0 aliphatic heterocycles. The number of nitrogens with one attached hydrogen (secondary N) is 1. The van der Waals surface area contributed by atoms with Gasteiger partial charge in [-0.3, -0.25) is 4.79 Å². The highest BCUT2D eigenvalue weighted by Gasteiger charge is 2.26. The number of rotatable bonds is 4. The summed E-state index contributed by atoms with van der Waals surface area (Å²) < 4.78 is 1.03. The number of hydrogen-bond donors (Lipinski definition) is 1. The lowest BCUT2D eigenvalue weighted by atomic mass is 9.98. The number of hydrogen-bond acceptors (Lipinski definition) is 2. The first-order chi connectivity index (χ1) is 8.61. The van der Waals surface area contributed by atoms with Crippen LogP contribution in [0.2, 0.25) is 0 Å². The number of carbonyl (C=O) groups is 1. The molecule has 0 aromatic carbocycles. The Hall–Kier alpha value is -0.0600. The minimum Gasteiger partial charge on any atom is -0.351 e. The SMILES string of the molecule is Cc1cc(C(=O)NCC2CCCC2CCl)sc1Br. The second kappa shape index (κ2) is 6.40. The Morgan fingerprint density at radius 3 is 2.89 bits per heavy atom. The predicted molar refractivity (Wildman–Crippen MR) is 80.6 cm³/mol. The molecule has 0 radical (unpaired) electrons. The van der Waals surface area contributed by atoms with Crippen LogP contribution in [0.3, 0.4) is 0 Å². The van der Waals surface area contributed by atoms with E-state index in [1.807, 2.05) is 13.0 Å². The van der Waals surface area contributed by atoms with Crippen LogP contribution in [0.25, 0.3) is 0 Å². The van der Waals surface area contributed by atoms with Gasteiger partial charge in [-0.05, 0) is 59.2 Å². The molecule has 1 heterocycles. The summed E-state index contributed by atoms with van der Waals surface area (Å²) in [5, 5.41) is 3.04. The fraction of sp³-hybridized carbons (Fsp3) is 0.615. The first-order valence-electron chi connectivity index (χ1n) is 6.22. The van der Waals surface area contributed by atoms with Crippen molar-refractivity contribution in [2.75, 3.05) is 12.4 Å². The largest absolute Gasteiger partial charge is 0.351 e. The van der Waals surface area contributed by atoms with E-state index in [-0.39, 0.29) is 5.91 Å². The summed E-state index contributed by atoms with van der Waals surface area (Å²) in [5.74, 6) is 1.87. The molecule has 0 spiro atoms. The molecule has 1 aliphatic rings. The molecular formula is C13H17BrClNOS. The van der Waals surface area contributed by atoms with Crippen molar-refractivity contribution in [3.05, 3.63) is 20.3 Å². The van der Waals surface area contributed by atoms with Crippen molar-refractivity contribution in [2.24, 2.45) is 11.8 Å². The maximum Gasteiger partial charge on any atom is 0.261 e. The normalized spacial score (nSPS) is 23.3. The molecule has 18 heavy (non-hydrogen) atoms. The summed E-state index contributed by atoms with van der Waals surface area (Å²) in [4.78, 5) is 12.8. The fourth-order valence-electron chi connectivity index (χ4n) is 2.47. The molecule has 5 heteroatoms. The zero-order valence-corrected chi connectivity index (χ0v) is 13.5. The van der Waals surface area contributed by atoms with Crippen molar-refractivity contribution < 1.29 is 4.79 Å². The second-order valence-corrected chi connectivity index (χ2v) is 7.56. The molecule has 2 unspecified atom stereocenters. The van der Waals surface area contributed by atoms with E-state index in [2.05, 4.69) is 21.2 Å². The minimum atomic E-state index is 0.0361. The molecular weight excluding hydrogens is 334 g/mol. The van der Waals surface area contributed by atoms with Crippen molar-refractivity contribution in [1.29, 1.82) is 0 Å². The fourth-order valence-corrected chi connectivity index (χ4v) is 4.33. The van der Waals surface area contributed by atoms with Gasteiger partial charge in [0.1, 0.15) is 0 Å². The Morgan fingerprint density at radius 1 is 1.56 bits per heavy atom. The Morgan fingerprint density at radius 2 is 2.28 bits per heavy atom. The Kier molecular flexibility index (Phi) is 5.10. The zero-order valence-electron chi connectivity index (χ0n) is 10.3. The molecule has 1 amide bonds. The highest BCUT2D eigenvalue weighted by molar-refractivity contribution is 9.11. The number of halogens is 2. The van der Waals surface area contributed by atoms with Crippen LogP contribution in [0, 0.1) is 18.8 Å². The first kappa shape index (κ1) is 14.4. The molecule has 100 valence electrons. The van der Waals surface area contributed by atoms with Gasteiger partial charge in [0.25, 0.3) is 5.91 Å². The van der Waals surface area contributed by atoms with Gasteiger partial charge in [-0.1, -0.05) is 6.42 Å². The Balaban J connectivity index is 1.88. The molecule has 0 bridgehead atoms. The summed E-state index contributed by atoms with van der Waals surface area (Å²) >= 11 is 10.9. The van der Waals surface area contributed by atoms with Crippen LogP contribution in [0.4, 0.5) is 0 Å². The zero-order chi connectivity index (χ0) is 13.1. The van der Waals surface area contributed by atoms with Crippen molar-refractivity contribution in [2.45, 2.75) is 26.2 Å². The maximum atomic E-state index is 12.0. The quantitative estimate of drug-likeness (QED) is 0.810. The van der Waals surface area contributed by atoms with E-state index in [9.17, 15) is 4.79 Å². The molecule has 1 aromatic heterocycles. The third-order valence-electron chi connectivity index (χ3n) is 3.62. The van der Waals surface area contributed by atoms with E-state index in [0.717, 1.165) is 20.8 Å². The molecule has 0 saturated heterocycles. The average Bonchev–Trinajstić information content (AvgIpc) is 2.93. The smallest absolute Gasteiger partial charge is 0.261 e. The van der Waals surface area contributed by atoms with Gasteiger partial charge in [-0.2, -0.15) is 0 Å². The van der Waals surface area contributed by atoms with Gasteiger partial charge in [-0.25, -0.2) is 0 Å². The van der Waals surface area contributed by atoms with E-state index in [4.69, 9.17) is 11.6 Å². The van der Waals surface area contributed by atoms with Gasteiger partial charge in [0.05, 0.1) is 8.66 Å². The summed E-state index contributed by atoms with van der Waals surface area (Å²) in [6.45, 7) is 2.75. The van der Waals surface area contributed by atoms with E-state index in [0.29, 0.717) is 17.7 Å². The van der Waals surface area contributed by atoms with Crippen LogP contribution < -0.4 is 5.32 Å². The van der Waals surface area contributed by atoms with Crippen LogP contribution in [-0.4, -0.2) is 18.3 Å². The van der Waals surface area contributed by atoms with Crippen molar-refractivity contribution >= 4 is 44.8 Å². The lowest BCUT2D eigenvalue weighted by Crippen LogP contribution is -2.30. The Bertz CT molecular complexity index is 415. The molecule has 1 fully saturated rings. The van der Waals surface area contributed by atoms with Crippen molar-refractivity contribution in [3.63, 3.8) is 0 Å². The van der Waals surface area contributed by atoms with Gasteiger partial charge in [0.2, 0.25) is 0 Å². The maximum absolute atomic E-state index is 12.0. The van der Waals surface area contributed by atoms with Crippen molar-refractivity contribution in [3.8, 4) is 0 Å². The van der Waals surface area contributed by atoms with Gasteiger partial charge >= 0.3 is 0 Å². The summed E-state index contributed by atoms with van der Waals surface area (Å²) in [5.41, 5.74) is 1.12. The summed E-state index contributed by atoms with van der Waals surface area (Å²) in [6, 6.07) is 1.93. The molecule has 2 atom stereocenters. The van der Waals surface area contributed by atoms with E-state index in [1.54, 1.807) is 0 Å². The number of aryl methyl sites for hydroxylation is 1. The third-order valence-corrected chi connectivity index (χ3v) is 6.15. The van der Waals surface area contributed by atoms with Gasteiger partial charge in [0.15, 0.2) is 0 Å². The lowest BCUT2D eigenvalue weighted by molar-refractivity contribution is 0.0948. The third kappa shape index (κ3) is 3.28. The topological polar surface area (TPSA) is 29.1 Å². The number of alkyl halides is 1. The highest BCUT2D eigenvalue weighted by Crippen LogP contribution is 2.32. The van der Waals surface area contributed by atoms with Gasteiger partial charge < -0.3 is 5.32 Å². The van der Waals surface area contributed by atoms with Crippen LogP contribution >= 0.6 is 38.9 Å². The second-order valence-electron chi connectivity index (χ2n) is 4.88. The molecule has 1 aliphatic carbocycles.